The van der Waals surface area contributed by atoms with E-state index < -0.39 is 17.3 Å². The average molecular weight is 389 g/mol. The van der Waals surface area contributed by atoms with Gasteiger partial charge in [0.2, 0.25) is 0 Å². The molecule has 0 bridgehead atoms. The van der Waals surface area contributed by atoms with E-state index >= 15 is 0 Å². The number of benzene rings is 3. The van der Waals surface area contributed by atoms with Crippen molar-refractivity contribution in [3.05, 3.63) is 89.0 Å². The Morgan fingerprint density at radius 2 is 1.36 bits per heavy atom. The lowest BCUT2D eigenvalue weighted by Crippen LogP contribution is -1.87. The van der Waals surface area contributed by atoms with Crippen LogP contribution in [0.2, 0.25) is 0 Å². The van der Waals surface area contributed by atoms with Gasteiger partial charge in [0, 0.05) is 11.1 Å². The van der Waals surface area contributed by atoms with Gasteiger partial charge in [-0.05, 0) is 71.7 Å². The summed E-state index contributed by atoms with van der Waals surface area (Å²) >= 11 is 4.41. The lowest BCUT2D eigenvalue weighted by molar-refractivity contribution is 0.588. The summed E-state index contributed by atoms with van der Waals surface area (Å²) in [5, 5.41) is 1.98. The van der Waals surface area contributed by atoms with E-state index in [0.717, 1.165) is 24.0 Å². The number of aryl methyl sites for hydroxylation is 1. The van der Waals surface area contributed by atoms with Gasteiger partial charge in [-0.25, -0.2) is 8.78 Å². The first-order chi connectivity index (χ1) is 13.6. The van der Waals surface area contributed by atoms with Crippen LogP contribution in [0.15, 0.2) is 65.7 Å². The van der Waals surface area contributed by atoms with E-state index in [1.165, 1.54) is 17.7 Å². The van der Waals surface area contributed by atoms with Crippen molar-refractivity contribution in [3.63, 3.8) is 0 Å². The van der Waals surface area contributed by atoms with E-state index in [4.69, 9.17) is 0 Å². The van der Waals surface area contributed by atoms with Gasteiger partial charge in [0.1, 0.15) is 5.69 Å². The van der Waals surface area contributed by atoms with Crippen LogP contribution >= 0.6 is 12.2 Å². The number of hydrogen-bond donors (Lipinski definition) is 0. The van der Waals surface area contributed by atoms with Crippen molar-refractivity contribution in [2.75, 3.05) is 0 Å². The minimum atomic E-state index is -0.775. The molecule has 0 atom stereocenters. The highest BCUT2D eigenvalue weighted by Gasteiger charge is 2.11. The molecule has 0 heterocycles. The second-order valence-electron chi connectivity index (χ2n) is 6.27. The summed E-state index contributed by atoms with van der Waals surface area (Å²) in [5.74, 6) is 4.69. The number of nitrogens with zero attached hydrogens (tertiary/aromatic N) is 1. The van der Waals surface area contributed by atoms with Gasteiger partial charge >= 0.3 is 0 Å². The molecule has 0 fully saturated rings. The first-order valence-corrected chi connectivity index (χ1v) is 9.30. The first kappa shape index (κ1) is 19.6. The second-order valence-corrected chi connectivity index (χ2v) is 6.45. The van der Waals surface area contributed by atoms with Crippen molar-refractivity contribution in [1.82, 2.24) is 0 Å². The van der Waals surface area contributed by atoms with Crippen LogP contribution in [0.25, 0.3) is 11.1 Å². The third-order valence-corrected chi connectivity index (χ3v) is 4.33. The number of rotatable bonds is 4. The Morgan fingerprint density at radius 1 is 0.821 bits per heavy atom. The Labute approximate surface area is 168 Å². The van der Waals surface area contributed by atoms with Gasteiger partial charge in [-0.3, -0.25) is 0 Å². The van der Waals surface area contributed by atoms with Crippen LogP contribution in [0.4, 0.5) is 14.5 Å². The van der Waals surface area contributed by atoms with Crippen molar-refractivity contribution in [1.29, 1.82) is 0 Å². The highest BCUT2D eigenvalue weighted by Crippen LogP contribution is 2.29. The van der Waals surface area contributed by atoms with Gasteiger partial charge in [-0.15, -0.1) is 0 Å². The molecule has 3 aromatic carbocycles. The van der Waals surface area contributed by atoms with Crippen LogP contribution in [0.5, 0.6) is 0 Å². The smallest absolute Gasteiger partial charge is 0.153 e. The zero-order chi connectivity index (χ0) is 19.9. The maximum Gasteiger partial charge on any atom is 0.153 e. The van der Waals surface area contributed by atoms with Crippen LogP contribution < -0.4 is 0 Å². The average Bonchev–Trinajstić information content (AvgIpc) is 2.71. The molecule has 0 saturated heterocycles. The van der Waals surface area contributed by atoms with Gasteiger partial charge in [-0.1, -0.05) is 49.5 Å². The minimum Gasteiger partial charge on any atom is -0.204 e. The first-order valence-electron chi connectivity index (χ1n) is 8.89. The summed E-state index contributed by atoms with van der Waals surface area (Å²) in [6.45, 7) is 2.15. The van der Waals surface area contributed by atoms with E-state index in [-0.39, 0.29) is 0 Å². The largest absolute Gasteiger partial charge is 0.204 e. The van der Waals surface area contributed by atoms with Crippen molar-refractivity contribution < 1.29 is 8.78 Å². The fraction of sp³-hybridized carbons (Fsp3) is 0.125. The van der Waals surface area contributed by atoms with Gasteiger partial charge in [0.15, 0.2) is 11.6 Å². The third-order valence-electron chi connectivity index (χ3n) is 4.24. The van der Waals surface area contributed by atoms with Gasteiger partial charge < -0.3 is 0 Å². The zero-order valence-corrected chi connectivity index (χ0v) is 16.1. The standard InChI is InChI=1S/C24H17F2NS/c1-2-3-17-4-6-18(7-5-17)8-9-19-10-12-20(13-11-19)21-14-22(25)24(27-16-28)23(26)15-21/h4-7,10-15H,2-3H2,1H3. The molecule has 0 aliphatic rings. The van der Waals surface area contributed by atoms with Gasteiger partial charge in [0.05, 0.1) is 5.16 Å². The maximum atomic E-state index is 14.0. The maximum absolute atomic E-state index is 14.0. The highest BCUT2D eigenvalue weighted by molar-refractivity contribution is 7.78. The van der Waals surface area contributed by atoms with Crippen molar-refractivity contribution in [2.24, 2.45) is 4.99 Å². The minimum absolute atomic E-state index is 0.421. The van der Waals surface area contributed by atoms with Gasteiger partial charge in [-0.2, -0.15) is 4.99 Å². The summed E-state index contributed by atoms with van der Waals surface area (Å²) in [6, 6.07) is 17.9. The van der Waals surface area contributed by atoms with Crippen LogP contribution in [-0.4, -0.2) is 5.16 Å². The SMILES string of the molecule is CCCc1ccc(C#Cc2ccc(-c3cc(F)c(N=C=S)c(F)c3)cc2)cc1. The topological polar surface area (TPSA) is 12.4 Å². The number of thiocarbonyl (C=S) groups is 1. The predicted octanol–water partition coefficient (Wildman–Crippen LogP) is 6.72. The molecule has 0 amide bonds. The zero-order valence-electron chi connectivity index (χ0n) is 15.3. The molecule has 1 nitrogen and oxygen atoms in total. The quantitative estimate of drug-likeness (QED) is 0.274. The fourth-order valence-electron chi connectivity index (χ4n) is 2.82. The fourth-order valence-corrected chi connectivity index (χ4v) is 2.91. The molecule has 28 heavy (non-hydrogen) atoms. The van der Waals surface area contributed by atoms with E-state index in [9.17, 15) is 8.78 Å². The Bertz CT molecular complexity index is 1060. The molecule has 0 spiro atoms. The monoisotopic (exact) mass is 389 g/mol. The summed E-state index contributed by atoms with van der Waals surface area (Å²) in [5.41, 5.74) is 3.76. The van der Waals surface area contributed by atoms with Crippen molar-refractivity contribution in [3.8, 4) is 23.0 Å². The van der Waals surface area contributed by atoms with Crippen LogP contribution in [-0.2, 0) is 6.42 Å². The summed E-state index contributed by atoms with van der Waals surface area (Å²) in [4.78, 5) is 3.42. The molecule has 0 aliphatic heterocycles. The molecule has 3 aromatic rings. The molecule has 4 heteroatoms. The molecule has 138 valence electrons. The van der Waals surface area contributed by atoms with Crippen LogP contribution in [0.1, 0.15) is 30.0 Å². The second kappa shape index (κ2) is 9.19. The van der Waals surface area contributed by atoms with Gasteiger partial charge in [0.25, 0.3) is 0 Å². The highest BCUT2D eigenvalue weighted by atomic mass is 32.1. The number of aliphatic imine (C=N–C) groups is 1. The predicted molar refractivity (Wildman–Crippen MR) is 113 cm³/mol. The Morgan fingerprint density at radius 3 is 1.86 bits per heavy atom. The molecule has 0 aliphatic carbocycles. The molecular formula is C24H17F2NS. The molecule has 0 aromatic heterocycles. The normalized spacial score (nSPS) is 9.96. The number of halogens is 2. The van der Waals surface area contributed by atoms with E-state index in [0.29, 0.717) is 11.1 Å². The molecule has 0 unspecified atom stereocenters. The molecular weight excluding hydrogens is 372 g/mol. The van der Waals surface area contributed by atoms with E-state index in [1.54, 1.807) is 12.1 Å². The van der Waals surface area contributed by atoms with E-state index in [1.807, 2.05) is 29.4 Å². The molecule has 0 radical (unpaired) electrons. The number of hydrogen-bond acceptors (Lipinski definition) is 2. The molecule has 0 N–H and O–H groups in total. The van der Waals surface area contributed by atoms with Crippen LogP contribution in [0.3, 0.4) is 0 Å². The molecule has 0 saturated carbocycles. The van der Waals surface area contributed by atoms with Crippen molar-refractivity contribution >= 4 is 23.1 Å². The number of isothiocyanates is 1. The Hall–Kier alpha value is -3.12. The summed E-state index contributed by atoms with van der Waals surface area (Å²) < 4.78 is 28.0. The molecule has 3 rings (SSSR count). The summed E-state index contributed by atoms with van der Waals surface area (Å²) in [6.07, 6.45) is 2.18. The summed E-state index contributed by atoms with van der Waals surface area (Å²) in [7, 11) is 0. The Kier molecular flexibility index (Phi) is 6.45. The van der Waals surface area contributed by atoms with Crippen LogP contribution in [0, 0.1) is 23.5 Å². The lowest BCUT2D eigenvalue weighted by atomic mass is 10.0. The lowest BCUT2D eigenvalue weighted by Gasteiger charge is -2.05. The Balaban J connectivity index is 1.80. The van der Waals surface area contributed by atoms with Crippen molar-refractivity contribution in [2.45, 2.75) is 19.8 Å². The third kappa shape index (κ3) is 4.78. The van der Waals surface area contributed by atoms with E-state index in [2.05, 4.69) is 48.1 Å².